The molecule has 0 aliphatic carbocycles. The maximum absolute atomic E-state index is 12.1. The monoisotopic (exact) mass is 226 g/mol. The Hall–Kier alpha value is -0.570. The number of hydrogen-bond donors (Lipinski definition) is 1. The lowest BCUT2D eigenvalue weighted by atomic mass is 9.98. The summed E-state index contributed by atoms with van der Waals surface area (Å²) in [6.45, 7) is 5.94. The molecule has 0 bridgehead atoms. The molecule has 0 aromatic rings. The second-order valence-electron chi connectivity index (χ2n) is 5.02. The third-order valence-corrected chi connectivity index (χ3v) is 3.67. The summed E-state index contributed by atoms with van der Waals surface area (Å²) in [4.78, 5) is 14.2. The van der Waals surface area contributed by atoms with Gasteiger partial charge in [0.1, 0.15) is 0 Å². The van der Waals surface area contributed by atoms with Gasteiger partial charge in [0, 0.05) is 19.0 Å². The van der Waals surface area contributed by atoms with Gasteiger partial charge in [-0.3, -0.25) is 4.79 Å². The predicted molar refractivity (Wildman–Crippen MR) is 67.1 cm³/mol. The number of nitrogens with zero attached hydrogens (tertiary/aromatic N) is 1. The van der Waals surface area contributed by atoms with Crippen LogP contribution in [-0.2, 0) is 4.79 Å². The third-order valence-electron chi connectivity index (χ3n) is 3.67. The number of likely N-dealkylation sites (tertiary alicyclic amines) is 1. The highest BCUT2D eigenvalue weighted by Gasteiger charge is 2.24. The van der Waals surface area contributed by atoms with Crippen LogP contribution in [-0.4, -0.2) is 29.9 Å². The van der Waals surface area contributed by atoms with Crippen LogP contribution in [0.5, 0.6) is 0 Å². The van der Waals surface area contributed by atoms with Crippen molar-refractivity contribution in [1.29, 1.82) is 0 Å². The van der Waals surface area contributed by atoms with Gasteiger partial charge < -0.3 is 10.6 Å². The molecule has 0 aromatic heterocycles. The van der Waals surface area contributed by atoms with Gasteiger partial charge in [0.15, 0.2) is 0 Å². The Kier molecular flexibility index (Phi) is 5.81. The van der Waals surface area contributed by atoms with Gasteiger partial charge >= 0.3 is 0 Å². The van der Waals surface area contributed by atoms with Crippen molar-refractivity contribution in [3.05, 3.63) is 0 Å². The van der Waals surface area contributed by atoms with Gasteiger partial charge in [-0.15, -0.1) is 0 Å². The fourth-order valence-electron chi connectivity index (χ4n) is 2.38. The van der Waals surface area contributed by atoms with Crippen molar-refractivity contribution >= 4 is 5.91 Å². The molecular weight excluding hydrogens is 200 g/mol. The molecule has 0 saturated carbocycles. The van der Waals surface area contributed by atoms with E-state index in [9.17, 15) is 4.79 Å². The molecule has 1 heterocycles. The molecule has 1 rings (SSSR count). The van der Waals surface area contributed by atoms with Crippen molar-refractivity contribution in [2.24, 2.45) is 11.7 Å². The van der Waals surface area contributed by atoms with Crippen molar-refractivity contribution in [3.8, 4) is 0 Å². The average molecular weight is 226 g/mol. The van der Waals surface area contributed by atoms with E-state index in [-0.39, 0.29) is 0 Å². The third kappa shape index (κ3) is 3.78. The lowest BCUT2D eigenvalue weighted by Gasteiger charge is -2.35. The number of carbonyl (C=O) groups is 1. The molecule has 1 fully saturated rings. The minimum absolute atomic E-state index is 0.340. The molecule has 2 atom stereocenters. The number of piperidine rings is 1. The van der Waals surface area contributed by atoms with Crippen LogP contribution in [0.2, 0.25) is 0 Å². The zero-order valence-corrected chi connectivity index (χ0v) is 10.7. The highest BCUT2D eigenvalue weighted by atomic mass is 16.2. The normalized spacial score (nSPS) is 23.2. The van der Waals surface area contributed by atoms with E-state index in [0.717, 1.165) is 19.4 Å². The van der Waals surface area contributed by atoms with Crippen LogP contribution in [0.4, 0.5) is 0 Å². The lowest BCUT2D eigenvalue weighted by Crippen LogP contribution is -2.43. The Labute approximate surface area is 99.4 Å². The molecule has 3 heteroatoms. The Balaban J connectivity index is 2.38. The van der Waals surface area contributed by atoms with Crippen LogP contribution in [0.1, 0.15) is 52.4 Å². The summed E-state index contributed by atoms with van der Waals surface area (Å²) in [5, 5.41) is 0. The Morgan fingerprint density at radius 3 is 2.88 bits per heavy atom. The van der Waals surface area contributed by atoms with Gasteiger partial charge in [0.05, 0.1) is 0 Å². The summed E-state index contributed by atoms with van der Waals surface area (Å²) in [6, 6.07) is 0.495. The second-order valence-corrected chi connectivity index (χ2v) is 5.02. The Morgan fingerprint density at radius 1 is 1.50 bits per heavy atom. The minimum Gasteiger partial charge on any atom is -0.340 e. The molecule has 3 nitrogen and oxygen atoms in total. The quantitative estimate of drug-likeness (QED) is 0.781. The molecule has 0 aromatic carbocycles. The highest BCUT2D eigenvalue weighted by Crippen LogP contribution is 2.21. The fourth-order valence-corrected chi connectivity index (χ4v) is 2.38. The topological polar surface area (TPSA) is 46.3 Å². The molecule has 0 spiro atoms. The number of carbonyl (C=O) groups excluding carboxylic acids is 1. The molecule has 1 saturated heterocycles. The number of nitrogens with two attached hydrogens (primary N) is 1. The van der Waals surface area contributed by atoms with E-state index in [1.807, 2.05) is 0 Å². The van der Waals surface area contributed by atoms with Gasteiger partial charge in [-0.05, 0) is 44.6 Å². The molecule has 2 unspecified atom stereocenters. The summed E-state index contributed by atoms with van der Waals surface area (Å²) in [6.07, 6.45) is 6.35. The molecule has 1 aliphatic rings. The fraction of sp³-hybridized carbons (Fsp3) is 0.923. The maximum atomic E-state index is 12.1. The number of rotatable bonds is 5. The van der Waals surface area contributed by atoms with Gasteiger partial charge in [-0.1, -0.05) is 13.8 Å². The summed E-state index contributed by atoms with van der Waals surface area (Å²) in [5.74, 6) is 0.806. The van der Waals surface area contributed by atoms with Crippen molar-refractivity contribution < 1.29 is 4.79 Å². The van der Waals surface area contributed by atoms with Crippen LogP contribution < -0.4 is 5.73 Å². The van der Waals surface area contributed by atoms with Crippen molar-refractivity contribution in [1.82, 2.24) is 4.90 Å². The van der Waals surface area contributed by atoms with Crippen LogP contribution in [0.25, 0.3) is 0 Å². The first-order valence-electron chi connectivity index (χ1n) is 6.68. The maximum Gasteiger partial charge on any atom is 0.222 e. The van der Waals surface area contributed by atoms with E-state index in [0.29, 0.717) is 30.8 Å². The molecule has 1 aliphatic heterocycles. The molecule has 0 radical (unpaired) electrons. The zero-order valence-electron chi connectivity index (χ0n) is 10.7. The van der Waals surface area contributed by atoms with Gasteiger partial charge in [-0.25, -0.2) is 0 Å². The van der Waals surface area contributed by atoms with E-state index >= 15 is 0 Å². The van der Waals surface area contributed by atoms with E-state index in [2.05, 4.69) is 18.7 Å². The molecule has 16 heavy (non-hydrogen) atoms. The minimum atomic E-state index is 0.340. The number of amides is 1. The van der Waals surface area contributed by atoms with Gasteiger partial charge in [-0.2, -0.15) is 0 Å². The summed E-state index contributed by atoms with van der Waals surface area (Å²) >= 11 is 0. The van der Waals surface area contributed by atoms with Crippen LogP contribution in [0.15, 0.2) is 0 Å². The standard InChI is InChI=1S/C13H26N2O/c1-3-12-6-4-5-9-15(12)13(16)8-7-11(2)10-14/h11-12H,3-10,14H2,1-2H3. The van der Waals surface area contributed by atoms with Crippen LogP contribution in [0.3, 0.4) is 0 Å². The Bertz CT molecular complexity index is 218. The van der Waals surface area contributed by atoms with Crippen LogP contribution >= 0.6 is 0 Å². The highest BCUT2D eigenvalue weighted by molar-refractivity contribution is 5.76. The van der Waals surface area contributed by atoms with Crippen molar-refractivity contribution in [3.63, 3.8) is 0 Å². The zero-order chi connectivity index (χ0) is 12.0. The Morgan fingerprint density at radius 2 is 2.25 bits per heavy atom. The summed E-state index contributed by atoms with van der Waals surface area (Å²) in [7, 11) is 0. The first-order chi connectivity index (χ1) is 7.69. The van der Waals surface area contributed by atoms with Crippen molar-refractivity contribution in [2.75, 3.05) is 13.1 Å². The van der Waals surface area contributed by atoms with E-state index in [4.69, 9.17) is 5.73 Å². The van der Waals surface area contributed by atoms with E-state index in [1.165, 1.54) is 19.3 Å². The number of hydrogen-bond acceptors (Lipinski definition) is 2. The first-order valence-corrected chi connectivity index (χ1v) is 6.68. The van der Waals surface area contributed by atoms with Gasteiger partial charge in [0.25, 0.3) is 0 Å². The lowest BCUT2D eigenvalue weighted by molar-refractivity contribution is -0.135. The van der Waals surface area contributed by atoms with E-state index < -0.39 is 0 Å². The molecular formula is C13H26N2O. The SMILES string of the molecule is CCC1CCCCN1C(=O)CCC(C)CN. The molecule has 1 amide bonds. The van der Waals surface area contributed by atoms with Crippen molar-refractivity contribution in [2.45, 2.75) is 58.4 Å². The predicted octanol–water partition coefficient (Wildman–Crippen LogP) is 2.15. The first kappa shape index (κ1) is 13.5. The van der Waals surface area contributed by atoms with E-state index in [1.54, 1.807) is 0 Å². The summed E-state index contributed by atoms with van der Waals surface area (Å²) in [5.41, 5.74) is 5.57. The van der Waals surface area contributed by atoms with Gasteiger partial charge in [0.2, 0.25) is 5.91 Å². The largest absolute Gasteiger partial charge is 0.340 e. The smallest absolute Gasteiger partial charge is 0.222 e. The molecule has 2 N–H and O–H groups in total. The summed E-state index contributed by atoms with van der Waals surface area (Å²) < 4.78 is 0. The average Bonchev–Trinajstić information content (AvgIpc) is 2.35. The molecule has 94 valence electrons. The second kappa shape index (κ2) is 6.89. The van der Waals surface area contributed by atoms with Crippen LogP contribution in [0, 0.1) is 5.92 Å².